The number of fused-ring (bicyclic) bond motifs is 1. The molecule has 4 aromatic rings. The van der Waals surface area contributed by atoms with E-state index >= 15 is 0 Å². The van der Waals surface area contributed by atoms with Gasteiger partial charge in [0.25, 0.3) is 0 Å². The fraction of sp³-hybridized carbons (Fsp3) is 0.276. The highest BCUT2D eigenvalue weighted by atomic mass is 16.6. The van der Waals surface area contributed by atoms with Crippen LogP contribution in [-0.4, -0.2) is 33.3 Å². The number of esters is 1. The highest BCUT2D eigenvalue weighted by Gasteiger charge is 2.28. The first-order chi connectivity index (χ1) is 17.2. The average molecular weight is 486 g/mol. The fourth-order valence-corrected chi connectivity index (χ4v) is 3.85. The van der Waals surface area contributed by atoms with Gasteiger partial charge in [-0.1, -0.05) is 60.2 Å². The Hall–Kier alpha value is -4.13. The van der Waals surface area contributed by atoms with Gasteiger partial charge in [-0.3, -0.25) is 4.57 Å². The number of aryl methyl sites for hydroxylation is 1. The summed E-state index contributed by atoms with van der Waals surface area (Å²) in [5, 5.41) is 2.70. The lowest BCUT2D eigenvalue weighted by Crippen LogP contribution is -2.45. The Morgan fingerprint density at radius 2 is 1.61 bits per heavy atom. The van der Waals surface area contributed by atoms with Crippen molar-refractivity contribution in [3.05, 3.63) is 95.8 Å². The number of para-hydroxylation sites is 2. The van der Waals surface area contributed by atoms with E-state index in [-0.39, 0.29) is 13.0 Å². The van der Waals surface area contributed by atoms with Crippen molar-refractivity contribution in [1.82, 2.24) is 14.9 Å². The van der Waals surface area contributed by atoms with Crippen molar-refractivity contribution in [2.75, 3.05) is 0 Å². The van der Waals surface area contributed by atoms with Gasteiger partial charge in [0.2, 0.25) is 0 Å². The van der Waals surface area contributed by atoms with Crippen LogP contribution in [0.15, 0.2) is 78.9 Å². The fourth-order valence-electron chi connectivity index (χ4n) is 3.85. The van der Waals surface area contributed by atoms with E-state index in [1.54, 1.807) is 20.8 Å². The molecule has 0 radical (unpaired) electrons. The minimum Gasteiger partial charge on any atom is -0.459 e. The molecule has 0 aliphatic rings. The molecule has 0 fully saturated rings. The monoisotopic (exact) mass is 485 g/mol. The van der Waals surface area contributed by atoms with Crippen molar-refractivity contribution in [3.8, 4) is 5.69 Å². The van der Waals surface area contributed by atoms with E-state index in [4.69, 9.17) is 14.5 Å². The highest BCUT2D eigenvalue weighted by molar-refractivity contribution is 5.82. The predicted molar refractivity (Wildman–Crippen MR) is 139 cm³/mol. The highest BCUT2D eigenvalue weighted by Crippen LogP contribution is 2.23. The first-order valence-corrected chi connectivity index (χ1v) is 11.9. The summed E-state index contributed by atoms with van der Waals surface area (Å²) in [6.45, 7) is 7.44. The van der Waals surface area contributed by atoms with Crippen LogP contribution >= 0.6 is 0 Å². The molecule has 3 aromatic carbocycles. The second kappa shape index (κ2) is 10.6. The number of hydrogen-bond donors (Lipinski definition) is 1. The first-order valence-electron chi connectivity index (χ1n) is 11.9. The summed E-state index contributed by atoms with van der Waals surface area (Å²) in [5.74, 6) is 0.0602. The molecule has 0 aliphatic heterocycles. The van der Waals surface area contributed by atoms with Gasteiger partial charge in [-0.2, -0.15) is 0 Å². The minimum atomic E-state index is -0.996. The van der Waals surface area contributed by atoms with Crippen LogP contribution in [0.2, 0.25) is 0 Å². The first kappa shape index (κ1) is 25.0. The molecule has 1 atom stereocenters. The number of imidazole rings is 1. The summed E-state index contributed by atoms with van der Waals surface area (Å²) >= 11 is 0. The van der Waals surface area contributed by atoms with Crippen LogP contribution < -0.4 is 5.32 Å². The SMILES string of the molecule is Cc1ccc(-n2c(C[C@H](NC(=O)OC(C)(C)C)C(=O)OCc3ccccc3)nc3ccccc32)cc1. The Kier molecular flexibility index (Phi) is 7.38. The zero-order valence-electron chi connectivity index (χ0n) is 21.0. The van der Waals surface area contributed by atoms with Crippen molar-refractivity contribution in [3.63, 3.8) is 0 Å². The third-order valence-corrected chi connectivity index (χ3v) is 5.51. The van der Waals surface area contributed by atoms with E-state index in [1.807, 2.05) is 90.4 Å². The lowest BCUT2D eigenvalue weighted by molar-refractivity contribution is -0.147. The molecule has 4 rings (SSSR count). The van der Waals surface area contributed by atoms with Gasteiger partial charge in [0.05, 0.1) is 11.0 Å². The van der Waals surface area contributed by atoms with Crippen molar-refractivity contribution >= 4 is 23.1 Å². The maximum absolute atomic E-state index is 13.2. The van der Waals surface area contributed by atoms with Gasteiger partial charge in [0.15, 0.2) is 0 Å². The van der Waals surface area contributed by atoms with E-state index in [2.05, 4.69) is 5.32 Å². The van der Waals surface area contributed by atoms with Crippen LogP contribution in [0.1, 0.15) is 37.7 Å². The topological polar surface area (TPSA) is 82.5 Å². The Balaban J connectivity index is 1.66. The number of nitrogens with zero attached hydrogens (tertiary/aromatic N) is 2. The Morgan fingerprint density at radius 1 is 0.944 bits per heavy atom. The number of hydrogen-bond acceptors (Lipinski definition) is 5. The molecule has 1 aromatic heterocycles. The Morgan fingerprint density at radius 3 is 2.31 bits per heavy atom. The van der Waals surface area contributed by atoms with E-state index in [9.17, 15) is 9.59 Å². The summed E-state index contributed by atoms with van der Waals surface area (Å²) in [4.78, 5) is 30.6. The Bertz CT molecular complexity index is 1340. The molecule has 7 nitrogen and oxygen atoms in total. The van der Waals surface area contributed by atoms with E-state index in [0.717, 1.165) is 27.8 Å². The van der Waals surface area contributed by atoms with Crippen molar-refractivity contribution in [1.29, 1.82) is 0 Å². The summed E-state index contributed by atoms with van der Waals surface area (Å²) in [6.07, 6.45) is -0.572. The largest absolute Gasteiger partial charge is 0.459 e. The minimum absolute atomic E-state index is 0.0978. The molecule has 186 valence electrons. The number of benzene rings is 3. The summed E-state index contributed by atoms with van der Waals surface area (Å²) in [7, 11) is 0. The average Bonchev–Trinajstić information content (AvgIpc) is 3.20. The predicted octanol–water partition coefficient (Wildman–Crippen LogP) is 5.51. The van der Waals surface area contributed by atoms with Crippen LogP contribution in [0.3, 0.4) is 0 Å². The van der Waals surface area contributed by atoms with Crippen LogP contribution in [0, 0.1) is 6.92 Å². The number of aromatic nitrogens is 2. The quantitative estimate of drug-likeness (QED) is 0.349. The number of rotatable bonds is 7. The number of nitrogens with one attached hydrogen (secondary N) is 1. The molecule has 0 unspecified atom stereocenters. The molecule has 0 saturated heterocycles. The normalized spacial score (nSPS) is 12.2. The lowest BCUT2D eigenvalue weighted by Gasteiger charge is -2.23. The van der Waals surface area contributed by atoms with Crippen LogP contribution in [0.4, 0.5) is 4.79 Å². The molecule has 0 bridgehead atoms. The van der Waals surface area contributed by atoms with Crippen molar-refractivity contribution in [2.45, 2.75) is 52.4 Å². The van der Waals surface area contributed by atoms with Gasteiger partial charge >= 0.3 is 12.1 Å². The molecular weight excluding hydrogens is 454 g/mol. The van der Waals surface area contributed by atoms with Crippen LogP contribution in [0.25, 0.3) is 16.7 Å². The standard InChI is InChI=1S/C29H31N3O4/c1-20-14-16-22(17-15-20)32-25-13-9-8-12-23(25)30-26(32)18-24(31-28(34)36-29(2,3)4)27(33)35-19-21-10-6-5-7-11-21/h5-17,24H,18-19H2,1-4H3,(H,31,34)/t24-/m0/s1. The molecule has 0 spiro atoms. The van der Waals surface area contributed by atoms with E-state index < -0.39 is 23.7 Å². The second-order valence-electron chi connectivity index (χ2n) is 9.68. The third-order valence-electron chi connectivity index (χ3n) is 5.51. The molecule has 0 saturated carbocycles. The number of carbonyl (C=O) groups excluding carboxylic acids is 2. The smallest absolute Gasteiger partial charge is 0.408 e. The zero-order valence-corrected chi connectivity index (χ0v) is 21.0. The maximum Gasteiger partial charge on any atom is 0.408 e. The Labute approximate surface area is 211 Å². The summed E-state index contributed by atoms with van der Waals surface area (Å²) in [5.41, 5.74) is 3.90. The number of alkyl carbamates (subject to hydrolysis) is 1. The number of amides is 1. The van der Waals surface area contributed by atoms with Crippen molar-refractivity contribution < 1.29 is 19.1 Å². The van der Waals surface area contributed by atoms with Crippen LogP contribution in [-0.2, 0) is 27.3 Å². The van der Waals surface area contributed by atoms with Gasteiger partial charge in [-0.15, -0.1) is 0 Å². The van der Waals surface area contributed by atoms with Crippen LogP contribution in [0.5, 0.6) is 0 Å². The van der Waals surface area contributed by atoms with Gasteiger partial charge in [-0.05, 0) is 57.5 Å². The molecule has 7 heteroatoms. The number of ether oxygens (including phenoxy) is 2. The second-order valence-corrected chi connectivity index (χ2v) is 9.68. The molecular formula is C29H31N3O4. The molecule has 36 heavy (non-hydrogen) atoms. The van der Waals surface area contributed by atoms with Crippen molar-refractivity contribution in [2.24, 2.45) is 0 Å². The molecule has 1 N–H and O–H groups in total. The summed E-state index contributed by atoms with van der Waals surface area (Å²) in [6, 6.07) is 24.3. The molecule has 0 aliphatic carbocycles. The van der Waals surface area contributed by atoms with E-state index in [0.29, 0.717) is 5.82 Å². The summed E-state index contributed by atoms with van der Waals surface area (Å²) < 4.78 is 13.0. The number of carbonyl (C=O) groups is 2. The molecule has 1 amide bonds. The van der Waals surface area contributed by atoms with Gasteiger partial charge in [-0.25, -0.2) is 14.6 Å². The third kappa shape index (κ3) is 6.30. The molecule has 1 heterocycles. The van der Waals surface area contributed by atoms with E-state index in [1.165, 1.54) is 0 Å². The lowest BCUT2D eigenvalue weighted by atomic mass is 10.1. The van der Waals surface area contributed by atoms with Gasteiger partial charge in [0.1, 0.15) is 24.1 Å². The zero-order chi connectivity index (χ0) is 25.7. The van der Waals surface area contributed by atoms with Gasteiger partial charge in [0, 0.05) is 12.1 Å². The maximum atomic E-state index is 13.2. The van der Waals surface area contributed by atoms with Gasteiger partial charge < -0.3 is 14.8 Å².